The second kappa shape index (κ2) is 19.0. The van der Waals surface area contributed by atoms with Crippen molar-refractivity contribution >= 4 is 23.5 Å². The molecule has 9 nitrogen and oxygen atoms in total. The van der Waals surface area contributed by atoms with Gasteiger partial charge in [0.05, 0.1) is 60.0 Å². The molecule has 2 aliphatic heterocycles. The van der Waals surface area contributed by atoms with Crippen molar-refractivity contribution in [3.05, 3.63) is 143 Å². The predicted octanol–water partition coefficient (Wildman–Crippen LogP) is 6.92. The second-order valence-corrected chi connectivity index (χ2v) is 14.9. The van der Waals surface area contributed by atoms with Crippen LogP contribution in [-0.4, -0.2) is 65.7 Å². The molecule has 5 fully saturated rings. The van der Waals surface area contributed by atoms with Crippen LogP contribution in [0.4, 0.5) is 17.6 Å². The fourth-order valence-electron chi connectivity index (χ4n) is 7.14. The van der Waals surface area contributed by atoms with Gasteiger partial charge >= 0.3 is 11.9 Å². The number of esters is 1. The fraction of sp³-hybridized carbons (Fsp3) is 0.364. The molecule has 0 spiro atoms. The third-order valence-electron chi connectivity index (χ3n) is 10.9. The van der Waals surface area contributed by atoms with Crippen LogP contribution in [0.25, 0.3) is 0 Å². The van der Waals surface area contributed by atoms with Gasteiger partial charge in [-0.2, -0.15) is 10.5 Å². The Labute approximate surface area is 338 Å². The Kier molecular flexibility index (Phi) is 14.3. The molecule has 4 aromatic rings. The smallest absolute Gasteiger partial charge is 0.317 e. The van der Waals surface area contributed by atoms with Crippen LogP contribution in [0.3, 0.4) is 0 Å². The van der Waals surface area contributed by atoms with E-state index in [2.05, 4.69) is 6.07 Å². The van der Waals surface area contributed by atoms with Crippen molar-refractivity contribution < 1.29 is 51.9 Å². The molecule has 7 atom stereocenters. The summed E-state index contributed by atoms with van der Waals surface area (Å²) in [5.41, 5.74) is 0.399. The first-order chi connectivity index (χ1) is 27.8. The number of aliphatic hydroxyl groups excluding tert-OH is 2. The number of halogens is 5. The summed E-state index contributed by atoms with van der Waals surface area (Å²) in [6, 6.07) is 28.1. The van der Waals surface area contributed by atoms with Gasteiger partial charge in [-0.15, -0.1) is 11.6 Å². The number of carboxylic acids is 1. The van der Waals surface area contributed by atoms with Gasteiger partial charge in [0.2, 0.25) is 0 Å². The van der Waals surface area contributed by atoms with Crippen molar-refractivity contribution in [3.63, 3.8) is 0 Å². The highest BCUT2D eigenvalue weighted by Gasteiger charge is 2.67. The van der Waals surface area contributed by atoms with Gasteiger partial charge in [0.25, 0.3) is 0 Å². The number of hydrogen-bond donors (Lipinski definition) is 3. The molecular weight excluding hydrogens is 780 g/mol. The number of nitrogens with zero attached hydrogens (tertiary/aromatic N) is 2. The number of ether oxygens (including phenoxy) is 2. The highest BCUT2D eigenvalue weighted by atomic mass is 35.5. The molecule has 0 unspecified atom stereocenters. The maximum Gasteiger partial charge on any atom is 0.317 e. The van der Waals surface area contributed by atoms with Gasteiger partial charge in [0, 0.05) is 31.0 Å². The Balaban J connectivity index is 0.000000143. The normalized spacial score (nSPS) is 27.2. The first-order valence-electron chi connectivity index (χ1n) is 18.4. The molecule has 4 aromatic carbocycles. The van der Waals surface area contributed by atoms with Gasteiger partial charge in [0.15, 0.2) is 0 Å². The Hall–Kier alpha value is -5.31. The molecule has 2 heterocycles. The average molecular weight is 821 g/mol. The number of carbonyl (C=O) groups is 2. The lowest BCUT2D eigenvalue weighted by Gasteiger charge is -2.11. The zero-order valence-corrected chi connectivity index (χ0v) is 31.9. The Morgan fingerprint density at radius 1 is 0.759 bits per heavy atom. The molecule has 3 N–H and O–H groups in total. The number of hydrogen-bond acceptors (Lipinski definition) is 8. The average Bonchev–Trinajstić information content (AvgIpc) is 4.07. The molecule has 304 valence electrons. The van der Waals surface area contributed by atoms with E-state index >= 15 is 0 Å². The molecule has 0 radical (unpaired) electrons. The molecule has 0 aromatic heterocycles. The number of benzene rings is 4. The van der Waals surface area contributed by atoms with Crippen LogP contribution in [0.5, 0.6) is 0 Å². The van der Waals surface area contributed by atoms with Crippen LogP contribution < -0.4 is 0 Å². The molecule has 0 bridgehead atoms. The van der Waals surface area contributed by atoms with Crippen LogP contribution in [0, 0.1) is 63.7 Å². The van der Waals surface area contributed by atoms with Gasteiger partial charge in [0.1, 0.15) is 23.3 Å². The molecule has 9 rings (SSSR count). The standard InChI is InChI=1S/C11H10FNO.C11H11FO3.C11H9FO2.C8H6FN.C3H5ClO/c12-10-3-1-2-8(4-10)11(7-13)5-9(11)6-14;12-9-3-1-2-7(4-9)11(10(14)15)5-8(11)6-13;12-9-3-1-2-7(4-9)11-5-8(11)6-14-10(11)13;9-8-3-1-2-7(6-8)4-5-10;4-1-3-2-5-3/h1-4,9,14H,5-6H2;1-4,8,13H,5-6H2,(H,14,15);1-4,8H,5-6H2;1-3,6H,4H2;3H,1-2H2/t9-,11+;2*8-,11+;;3-/m000.0/s1. The van der Waals surface area contributed by atoms with Crippen molar-refractivity contribution in [1.82, 2.24) is 0 Å². The summed E-state index contributed by atoms with van der Waals surface area (Å²) in [5.74, 6) is -1.92. The minimum absolute atomic E-state index is 0.00985. The lowest BCUT2D eigenvalue weighted by molar-refractivity contribution is -0.142. The predicted molar refractivity (Wildman–Crippen MR) is 203 cm³/mol. The lowest BCUT2D eigenvalue weighted by Crippen LogP contribution is -2.23. The van der Waals surface area contributed by atoms with Crippen LogP contribution in [0.1, 0.15) is 41.5 Å². The van der Waals surface area contributed by atoms with Crippen molar-refractivity contribution in [2.75, 3.05) is 32.3 Å². The number of carbonyl (C=O) groups excluding carboxylic acids is 1. The summed E-state index contributed by atoms with van der Waals surface area (Å²) in [6.45, 7) is 1.19. The van der Waals surface area contributed by atoms with Crippen molar-refractivity contribution in [3.8, 4) is 12.1 Å². The van der Waals surface area contributed by atoms with Gasteiger partial charge in [-0.3, -0.25) is 9.59 Å². The Bertz CT molecular complexity index is 2180. The topological polar surface area (TPSA) is 164 Å². The van der Waals surface area contributed by atoms with E-state index < -0.39 is 28.0 Å². The molecular formula is C44H41ClF4N2O7. The maximum absolute atomic E-state index is 13.0. The van der Waals surface area contributed by atoms with E-state index in [4.69, 9.17) is 46.9 Å². The first kappa shape index (κ1) is 43.8. The minimum Gasteiger partial charge on any atom is -0.481 e. The second-order valence-electron chi connectivity index (χ2n) is 14.6. The van der Waals surface area contributed by atoms with Gasteiger partial charge in [-0.1, -0.05) is 48.5 Å². The van der Waals surface area contributed by atoms with Gasteiger partial charge < -0.3 is 24.8 Å². The lowest BCUT2D eigenvalue weighted by atomic mass is 9.93. The highest BCUT2D eigenvalue weighted by Crippen LogP contribution is 2.59. The Morgan fingerprint density at radius 2 is 1.29 bits per heavy atom. The fourth-order valence-corrected chi connectivity index (χ4v) is 7.32. The molecule has 58 heavy (non-hydrogen) atoms. The number of aliphatic carboxylic acids is 1. The van der Waals surface area contributed by atoms with E-state index in [9.17, 15) is 27.2 Å². The summed E-state index contributed by atoms with van der Waals surface area (Å²) in [7, 11) is 0. The van der Waals surface area contributed by atoms with Crippen LogP contribution in [0.2, 0.25) is 0 Å². The molecule has 0 amide bonds. The number of nitriles is 2. The van der Waals surface area contributed by atoms with E-state index in [1.165, 1.54) is 54.6 Å². The summed E-state index contributed by atoms with van der Waals surface area (Å²) >= 11 is 5.27. The number of aliphatic hydroxyl groups is 2. The third-order valence-corrected chi connectivity index (χ3v) is 11.2. The van der Waals surface area contributed by atoms with Gasteiger partial charge in [-0.05, 0) is 90.0 Å². The third kappa shape index (κ3) is 10.0. The first-order valence-corrected chi connectivity index (χ1v) is 19.0. The zero-order chi connectivity index (χ0) is 42.1. The van der Waals surface area contributed by atoms with Crippen LogP contribution in [-0.2, 0) is 41.7 Å². The summed E-state index contributed by atoms with van der Waals surface area (Å²) in [4.78, 5) is 22.6. The number of epoxide rings is 1. The summed E-state index contributed by atoms with van der Waals surface area (Å²) in [5, 5.41) is 44.3. The summed E-state index contributed by atoms with van der Waals surface area (Å²) in [6.07, 6.45) is 2.50. The number of carboxylic acid groups (broad SMARTS) is 1. The summed E-state index contributed by atoms with van der Waals surface area (Å²) < 4.78 is 60.9. The van der Waals surface area contributed by atoms with Crippen molar-refractivity contribution in [2.24, 2.45) is 17.8 Å². The van der Waals surface area contributed by atoms with Crippen molar-refractivity contribution in [2.45, 2.75) is 48.0 Å². The van der Waals surface area contributed by atoms with E-state index in [-0.39, 0.29) is 60.8 Å². The number of cyclic esters (lactones) is 1. The zero-order valence-electron chi connectivity index (χ0n) is 31.2. The van der Waals surface area contributed by atoms with Crippen LogP contribution in [0.15, 0.2) is 97.1 Å². The highest BCUT2D eigenvalue weighted by molar-refractivity contribution is 6.18. The van der Waals surface area contributed by atoms with E-state index in [1.807, 2.05) is 6.07 Å². The molecule has 3 aliphatic carbocycles. The molecule has 14 heteroatoms. The quantitative estimate of drug-likeness (QED) is 0.0742. The van der Waals surface area contributed by atoms with Gasteiger partial charge in [-0.25, -0.2) is 17.6 Å². The monoisotopic (exact) mass is 820 g/mol. The molecule has 5 aliphatic rings. The van der Waals surface area contributed by atoms with Crippen molar-refractivity contribution in [1.29, 1.82) is 10.5 Å². The largest absolute Gasteiger partial charge is 0.481 e. The van der Waals surface area contributed by atoms with Crippen LogP contribution >= 0.6 is 11.6 Å². The Morgan fingerprint density at radius 3 is 1.69 bits per heavy atom. The van der Waals surface area contributed by atoms with E-state index in [0.717, 1.165) is 24.2 Å². The van der Waals surface area contributed by atoms with E-state index in [0.29, 0.717) is 42.6 Å². The van der Waals surface area contributed by atoms with E-state index in [1.54, 1.807) is 42.5 Å². The minimum atomic E-state index is -1.07. The molecule has 2 saturated heterocycles. The number of alkyl halides is 1. The SMILES string of the molecule is ClC[C@H]1CO1.N#CCc1cccc(F)c1.N#C[C@@]1(c2cccc(F)c2)C[C@H]1CO.O=C(O)[C@@]1(c2cccc(F)c2)C[C@H]1CO.O=C1OC[C@@H]2C[C@]12c1cccc(F)c1. The number of rotatable bonds is 8. The maximum atomic E-state index is 13.0. The number of fused-ring (bicyclic) bond motifs is 1. The molecule has 3 saturated carbocycles.